The van der Waals surface area contributed by atoms with Crippen molar-refractivity contribution >= 4 is 11.8 Å². The number of rotatable bonds is 8. The summed E-state index contributed by atoms with van der Waals surface area (Å²) in [6.07, 6.45) is 5.21. The van der Waals surface area contributed by atoms with Gasteiger partial charge in [0.2, 0.25) is 5.91 Å². The van der Waals surface area contributed by atoms with Crippen molar-refractivity contribution in [3.05, 3.63) is 48.5 Å². The molecule has 0 aliphatic heterocycles. The predicted molar refractivity (Wildman–Crippen MR) is 89.8 cm³/mol. The fraction of sp³-hybridized carbons (Fsp3) is 0.353. The molecule has 1 aromatic carbocycles. The Kier molecular flexibility index (Phi) is 6.36. The monoisotopic (exact) mass is 330 g/mol. The standard InChI is InChI=1S/C17H22N4O3/c1-3-24-15-6-4-14(5-7-15)17(23)19-10-16(22)20-13(2)11-21-9-8-18-12-21/h4-9,12-13H,3,10-11H2,1-2H3,(H,19,23)(H,20,22)/t13-/m0/s1. The molecule has 0 aliphatic rings. The first kappa shape index (κ1) is 17.5. The zero-order chi connectivity index (χ0) is 17.4. The van der Waals surface area contributed by atoms with Crippen molar-refractivity contribution in [3.63, 3.8) is 0 Å². The lowest BCUT2D eigenvalue weighted by atomic mass is 10.2. The summed E-state index contributed by atoms with van der Waals surface area (Å²) in [7, 11) is 0. The van der Waals surface area contributed by atoms with Gasteiger partial charge in [-0.2, -0.15) is 0 Å². The number of carbonyl (C=O) groups is 2. The lowest BCUT2D eigenvalue weighted by Gasteiger charge is -2.14. The largest absolute Gasteiger partial charge is 0.494 e. The second kappa shape index (κ2) is 8.71. The highest BCUT2D eigenvalue weighted by atomic mass is 16.5. The van der Waals surface area contributed by atoms with Gasteiger partial charge in [-0.15, -0.1) is 0 Å². The number of aromatic nitrogens is 2. The predicted octanol–water partition coefficient (Wildman–Crippen LogP) is 1.22. The van der Waals surface area contributed by atoms with E-state index in [2.05, 4.69) is 15.6 Å². The Hall–Kier alpha value is -2.83. The van der Waals surface area contributed by atoms with Crippen molar-refractivity contribution in [1.29, 1.82) is 0 Å². The van der Waals surface area contributed by atoms with Crippen LogP contribution in [0.3, 0.4) is 0 Å². The maximum atomic E-state index is 12.0. The van der Waals surface area contributed by atoms with Gasteiger partial charge in [0, 0.05) is 30.5 Å². The smallest absolute Gasteiger partial charge is 0.251 e. The fourth-order valence-corrected chi connectivity index (χ4v) is 2.21. The molecule has 0 saturated carbocycles. The Balaban J connectivity index is 1.75. The summed E-state index contributed by atoms with van der Waals surface area (Å²) in [5.74, 6) is 0.178. The Labute approximate surface area is 141 Å². The molecule has 0 spiro atoms. The van der Waals surface area contributed by atoms with Crippen LogP contribution < -0.4 is 15.4 Å². The van der Waals surface area contributed by atoms with Crippen LogP contribution in [0.15, 0.2) is 43.0 Å². The van der Waals surface area contributed by atoms with Gasteiger partial charge in [-0.05, 0) is 38.1 Å². The van der Waals surface area contributed by atoms with Crippen molar-refractivity contribution in [1.82, 2.24) is 20.2 Å². The summed E-state index contributed by atoms with van der Waals surface area (Å²) in [6, 6.07) is 6.73. The van der Waals surface area contributed by atoms with Gasteiger partial charge in [-0.25, -0.2) is 4.98 Å². The molecular formula is C17H22N4O3. The average molecular weight is 330 g/mol. The maximum absolute atomic E-state index is 12.0. The number of carbonyl (C=O) groups excluding carboxylic acids is 2. The molecule has 2 rings (SSSR count). The van der Waals surface area contributed by atoms with E-state index in [0.717, 1.165) is 0 Å². The zero-order valence-electron chi connectivity index (χ0n) is 13.9. The molecule has 2 amide bonds. The summed E-state index contributed by atoms with van der Waals surface area (Å²) in [4.78, 5) is 27.9. The summed E-state index contributed by atoms with van der Waals surface area (Å²) in [5, 5.41) is 5.43. The van der Waals surface area contributed by atoms with Crippen LogP contribution in [-0.2, 0) is 11.3 Å². The van der Waals surface area contributed by atoms with E-state index in [1.807, 2.05) is 24.6 Å². The molecule has 1 aromatic heterocycles. The lowest BCUT2D eigenvalue weighted by Crippen LogP contribution is -2.42. The van der Waals surface area contributed by atoms with Crippen LogP contribution >= 0.6 is 0 Å². The van der Waals surface area contributed by atoms with E-state index < -0.39 is 0 Å². The highest BCUT2D eigenvalue weighted by Crippen LogP contribution is 2.11. The average Bonchev–Trinajstić information content (AvgIpc) is 3.06. The Morgan fingerprint density at radius 2 is 2.04 bits per heavy atom. The number of nitrogens with zero attached hydrogens (tertiary/aromatic N) is 2. The first-order valence-electron chi connectivity index (χ1n) is 7.84. The molecule has 1 heterocycles. The number of ether oxygens (including phenoxy) is 1. The Bertz CT molecular complexity index is 653. The van der Waals surface area contributed by atoms with Gasteiger partial charge in [-0.1, -0.05) is 0 Å². The summed E-state index contributed by atoms with van der Waals surface area (Å²) >= 11 is 0. The van der Waals surface area contributed by atoms with Crippen molar-refractivity contribution in [2.75, 3.05) is 13.2 Å². The molecule has 0 unspecified atom stereocenters. The van der Waals surface area contributed by atoms with Gasteiger partial charge in [0.25, 0.3) is 5.91 Å². The van der Waals surface area contributed by atoms with Crippen molar-refractivity contribution in [3.8, 4) is 5.75 Å². The van der Waals surface area contributed by atoms with E-state index in [0.29, 0.717) is 24.5 Å². The van der Waals surface area contributed by atoms with E-state index in [1.165, 1.54) is 0 Å². The molecule has 1 atom stereocenters. The second-order valence-electron chi connectivity index (χ2n) is 5.37. The molecule has 2 N–H and O–H groups in total. The minimum Gasteiger partial charge on any atom is -0.494 e. The van der Waals surface area contributed by atoms with Gasteiger partial charge >= 0.3 is 0 Å². The molecule has 7 heteroatoms. The quantitative estimate of drug-likeness (QED) is 0.762. The van der Waals surface area contributed by atoms with Crippen LogP contribution in [0.2, 0.25) is 0 Å². The third-order valence-electron chi connectivity index (χ3n) is 3.29. The molecule has 0 bridgehead atoms. The molecule has 0 aliphatic carbocycles. The van der Waals surface area contributed by atoms with Gasteiger partial charge in [0.15, 0.2) is 0 Å². The van der Waals surface area contributed by atoms with Crippen LogP contribution in [0, 0.1) is 0 Å². The third-order valence-corrected chi connectivity index (χ3v) is 3.29. The highest BCUT2D eigenvalue weighted by molar-refractivity contribution is 5.96. The van der Waals surface area contributed by atoms with E-state index in [-0.39, 0.29) is 24.4 Å². The number of amides is 2. The number of nitrogens with one attached hydrogen (secondary N) is 2. The molecule has 2 aromatic rings. The molecular weight excluding hydrogens is 308 g/mol. The van der Waals surface area contributed by atoms with E-state index in [9.17, 15) is 9.59 Å². The molecule has 0 radical (unpaired) electrons. The first-order valence-corrected chi connectivity index (χ1v) is 7.84. The maximum Gasteiger partial charge on any atom is 0.251 e. The lowest BCUT2D eigenvalue weighted by molar-refractivity contribution is -0.120. The van der Waals surface area contributed by atoms with Gasteiger partial charge in [0.05, 0.1) is 19.5 Å². The van der Waals surface area contributed by atoms with E-state index in [4.69, 9.17) is 4.74 Å². The SMILES string of the molecule is CCOc1ccc(C(=O)NCC(=O)N[C@@H](C)Cn2ccnc2)cc1. The minimum atomic E-state index is -0.296. The molecule has 24 heavy (non-hydrogen) atoms. The summed E-state index contributed by atoms with van der Waals surface area (Å²) < 4.78 is 7.20. The second-order valence-corrected chi connectivity index (χ2v) is 5.37. The zero-order valence-corrected chi connectivity index (χ0v) is 13.9. The summed E-state index contributed by atoms with van der Waals surface area (Å²) in [6.45, 7) is 4.92. The molecule has 0 fully saturated rings. The number of benzene rings is 1. The van der Waals surface area contributed by atoms with E-state index in [1.54, 1.807) is 36.8 Å². The van der Waals surface area contributed by atoms with E-state index >= 15 is 0 Å². The van der Waals surface area contributed by atoms with Crippen LogP contribution in [-0.4, -0.2) is 40.6 Å². The van der Waals surface area contributed by atoms with Crippen LogP contribution in [0.25, 0.3) is 0 Å². The van der Waals surface area contributed by atoms with Gasteiger partial charge < -0.3 is 19.9 Å². The van der Waals surface area contributed by atoms with Crippen molar-refractivity contribution in [2.45, 2.75) is 26.4 Å². The van der Waals surface area contributed by atoms with Crippen LogP contribution in [0.5, 0.6) is 5.75 Å². The fourth-order valence-electron chi connectivity index (χ4n) is 2.21. The van der Waals surface area contributed by atoms with Crippen molar-refractivity contribution < 1.29 is 14.3 Å². The van der Waals surface area contributed by atoms with Crippen LogP contribution in [0.4, 0.5) is 0 Å². The normalized spacial score (nSPS) is 11.6. The number of hydrogen-bond donors (Lipinski definition) is 2. The topological polar surface area (TPSA) is 85.2 Å². The van der Waals surface area contributed by atoms with Gasteiger partial charge in [-0.3, -0.25) is 9.59 Å². The molecule has 7 nitrogen and oxygen atoms in total. The third kappa shape index (κ3) is 5.42. The summed E-state index contributed by atoms with van der Waals surface area (Å²) in [5.41, 5.74) is 0.484. The van der Waals surface area contributed by atoms with Gasteiger partial charge in [0.1, 0.15) is 5.75 Å². The number of hydrogen-bond acceptors (Lipinski definition) is 4. The van der Waals surface area contributed by atoms with Crippen LogP contribution in [0.1, 0.15) is 24.2 Å². The number of imidazole rings is 1. The first-order chi connectivity index (χ1) is 11.6. The molecule has 128 valence electrons. The Morgan fingerprint density at radius 3 is 2.67 bits per heavy atom. The van der Waals surface area contributed by atoms with Crippen molar-refractivity contribution in [2.24, 2.45) is 0 Å². The Morgan fingerprint density at radius 1 is 1.29 bits per heavy atom. The molecule has 0 saturated heterocycles. The highest BCUT2D eigenvalue weighted by Gasteiger charge is 2.11. The minimum absolute atomic E-state index is 0.0610.